The Hall–Kier alpha value is -1.63. The summed E-state index contributed by atoms with van der Waals surface area (Å²) in [4.78, 5) is 4.28. The highest BCUT2D eigenvalue weighted by molar-refractivity contribution is 7.90. The fraction of sp³-hybridized carbons (Fsp3) is 0.500. The number of sulfone groups is 1. The number of halogens is 1. The monoisotopic (exact) mass is 315 g/mol. The third kappa shape index (κ3) is 7.65. The minimum Gasteiger partial charge on any atom is -0.357 e. The first-order valence-corrected chi connectivity index (χ1v) is 8.91. The van der Waals surface area contributed by atoms with Gasteiger partial charge < -0.3 is 10.6 Å². The number of guanidine groups is 1. The zero-order valence-electron chi connectivity index (χ0n) is 12.4. The minimum atomic E-state index is -2.95. The Kier molecular flexibility index (Phi) is 7.14. The van der Waals surface area contributed by atoms with Crippen LogP contribution in [0.15, 0.2) is 29.3 Å². The predicted molar refractivity (Wildman–Crippen MR) is 83.5 cm³/mol. The molecule has 2 N–H and O–H groups in total. The summed E-state index contributed by atoms with van der Waals surface area (Å²) in [6.07, 6.45) is 1.72. The van der Waals surface area contributed by atoms with Crippen molar-refractivity contribution in [3.8, 4) is 0 Å². The molecular weight excluding hydrogens is 293 g/mol. The van der Waals surface area contributed by atoms with E-state index < -0.39 is 9.84 Å². The molecule has 0 atom stereocenters. The maximum atomic E-state index is 13.5. The lowest BCUT2D eigenvalue weighted by Gasteiger charge is -2.11. The van der Waals surface area contributed by atoms with Crippen LogP contribution in [0.1, 0.15) is 18.9 Å². The summed E-state index contributed by atoms with van der Waals surface area (Å²) >= 11 is 0. The molecule has 0 radical (unpaired) electrons. The highest BCUT2D eigenvalue weighted by Crippen LogP contribution is 2.07. The van der Waals surface area contributed by atoms with Gasteiger partial charge in [0.05, 0.1) is 12.3 Å². The lowest BCUT2D eigenvalue weighted by molar-refractivity contribution is 0.598. The van der Waals surface area contributed by atoms with Crippen molar-refractivity contribution in [2.75, 3.05) is 25.1 Å². The second kappa shape index (κ2) is 8.61. The van der Waals surface area contributed by atoms with Gasteiger partial charge in [-0.15, -0.1) is 0 Å². The molecule has 118 valence electrons. The molecule has 0 bridgehead atoms. The zero-order chi connectivity index (χ0) is 15.7. The molecule has 0 saturated carbocycles. The van der Waals surface area contributed by atoms with Crippen LogP contribution in [-0.2, 0) is 16.4 Å². The smallest absolute Gasteiger partial charge is 0.191 e. The first kappa shape index (κ1) is 17.4. The SMILES string of the molecule is CCNC(=NCc1ccccc1F)NCCCS(C)(=O)=O. The van der Waals surface area contributed by atoms with Crippen LogP contribution in [0.4, 0.5) is 4.39 Å². The summed E-state index contributed by atoms with van der Waals surface area (Å²) in [5.74, 6) is 0.399. The molecular formula is C14H22FN3O2S. The Balaban J connectivity index is 2.52. The fourth-order valence-corrected chi connectivity index (χ4v) is 2.34. The lowest BCUT2D eigenvalue weighted by Crippen LogP contribution is -2.38. The Bertz CT molecular complexity index is 573. The van der Waals surface area contributed by atoms with Gasteiger partial charge in [-0.25, -0.2) is 17.8 Å². The molecule has 1 aromatic carbocycles. The molecule has 0 aliphatic rings. The van der Waals surface area contributed by atoms with Crippen LogP contribution < -0.4 is 10.6 Å². The van der Waals surface area contributed by atoms with E-state index in [0.29, 0.717) is 31.0 Å². The van der Waals surface area contributed by atoms with Crippen molar-refractivity contribution in [3.05, 3.63) is 35.6 Å². The molecule has 0 unspecified atom stereocenters. The van der Waals surface area contributed by atoms with Gasteiger partial charge in [0.25, 0.3) is 0 Å². The van der Waals surface area contributed by atoms with Crippen molar-refractivity contribution in [1.29, 1.82) is 0 Å². The molecule has 0 fully saturated rings. The van der Waals surface area contributed by atoms with E-state index in [1.807, 2.05) is 6.92 Å². The van der Waals surface area contributed by atoms with E-state index in [0.717, 1.165) is 0 Å². The fourth-order valence-electron chi connectivity index (χ4n) is 1.67. The maximum absolute atomic E-state index is 13.5. The minimum absolute atomic E-state index is 0.132. The Morgan fingerprint density at radius 1 is 1.29 bits per heavy atom. The quantitative estimate of drug-likeness (QED) is 0.452. The molecule has 0 aliphatic heterocycles. The topological polar surface area (TPSA) is 70.6 Å². The van der Waals surface area contributed by atoms with Gasteiger partial charge in [0.15, 0.2) is 5.96 Å². The molecule has 21 heavy (non-hydrogen) atoms. The molecule has 0 amide bonds. The normalized spacial score (nSPS) is 12.2. The Labute approximate surface area is 125 Å². The Morgan fingerprint density at radius 3 is 2.62 bits per heavy atom. The van der Waals surface area contributed by atoms with Crippen LogP contribution in [0.2, 0.25) is 0 Å². The van der Waals surface area contributed by atoms with Crippen LogP contribution in [0, 0.1) is 5.82 Å². The molecule has 5 nitrogen and oxygen atoms in total. The van der Waals surface area contributed by atoms with Crippen molar-refractivity contribution < 1.29 is 12.8 Å². The number of hydrogen-bond donors (Lipinski definition) is 2. The van der Waals surface area contributed by atoms with E-state index >= 15 is 0 Å². The molecule has 1 aromatic rings. The van der Waals surface area contributed by atoms with E-state index in [-0.39, 0.29) is 18.1 Å². The van der Waals surface area contributed by atoms with Crippen molar-refractivity contribution in [2.45, 2.75) is 19.9 Å². The molecule has 1 rings (SSSR count). The molecule has 0 heterocycles. The highest BCUT2D eigenvalue weighted by Gasteiger charge is 2.03. The van der Waals surface area contributed by atoms with E-state index in [2.05, 4.69) is 15.6 Å². The van der Waals surface area contributed by atoms with Crippen molar-refractivity contribution in [1.82, 2.24) is 10.6 Å². The standard InChI is InChI=1S/C14H22FN3O2S/c1-3-16-14(17-9-6-10-21(2,19)20)18-11-12-7-4-5-8-13(12)15/h4-5,7-8H,3,6,9-11H2,1-2H3,(H2,16,17,18). The van der Waals surface area contributed by atoms with Gasteiger partial charge in [-0.3, -0.25) is 0 Å². The number of nitrogens with one attached hydrogen (secondary N) is 2. The van der Waals surface area contributed by atoms with Crippen LogP contribution in [0.25, 0.3) is 0 Å². The van der Waals surface area contributed by atoms with Crippen LogP contribution in [-0.4, -0.2) is 39.5 Å². The molecule has 0 aliphatic carbocycles. The lowest BCUT2D eigenvalue weighted by atomic mass is 10.2. The zero-order valence-corrected chi connectivity index (χ0v) is 13.2. The van der Waals surface area contributed by atoms with Gasteiger partial charge in [-0.2, -0.15) is 0 Å². The van der Waals surface area contributed by atoms with Gasteiger partial charge in [-0.1, -0.05) is 18.2 Å². The van der Waals surface area contributed by atoms with E-state index in [1.165, 1.54) is 12.3 Å². The van der Waals surface area contributed by atoms with E-state index in [4.69, 9.17) is 0 Å². The van der Waals surface area contributed by atoms with Crippen LogP contribution in [0.3, 0.4) is 0 Å². The molecule has 7 heteroatoms. The summed E-state index contributed by atoms with van der Waals surface area (Å²) in [5.41, 5.74) is 0.519. The number of hydrogen-bond acceptors (Lipinski definition) is 3. The second-order valence-corrected chi connectivity index (χ2v) is 6.96. The first-order valence-electron chi connectivity index (χ1n) is 6.85. The van der Waals surface area contributed by atoms with E-state index in [9.17, 15) is 12.8 Å². The molecule has 0 spiro atoms. The number of rotatable bonds is 7. The predicted octanol–water partition coefficient (Wildman–Crippen LogP) is 1.32. The van der Waals surface area contributed by atoms with Gasteiger partial charge >= 0.3 is 0 Å². The summed E-state index contributed by atoms with van der Waals surface area (Å²) in [6.45, 7) is 3.33. The third-order valence-corrected chi connectivity index (χ3v) is 3.72. The Morgan fingerprint density at radius 2 is 2.00 bits per heavy atom. The maximum Gasteiger partial charge on any atom is 0.191 e. The van der Waals surface area contributed by atoms with Crippen LogP contribution in [0.5, 0.6) is 0 Å². The van der Waals surface area contributed by atoms with Gasteiger partial charge in [-0.05, 0) is 19.4 Å². The van der Waals surface area contributed by atoms with Crippen molar-refractivity contribution in [3.63, 3.8) is 0 Å². The van der Waals surface area contributed by atoms with Gasteiger partial charge in [0.2, 0.25) is 0 Å². The average molecular weight is 315 g/mol. The summed E-state index contributed by atoms with van der Waals surface area (Å²) in [6, 6.07) is 6.49. The summed E-state index contributed by atoms with van der Waals surface area (Å²) in [7, 11) is -2.95. The van der Waals surface area contributed by atoms with Crippen LogP contribution >= 0.6 is 0 Å². The second-order valence-electron chi connectivity index (χ2n) is 4.70. The highest BCUT2D eigenvalue weighted by atomic mass is 32.2. The number of benzene rings is 1. The summed E-state index contributed by atoms with van der Waals surface area (Å²) < 4.78 is 35.6. The first-order chi connectivity index (χ1) is 9.92. The largest absolute Gasteiger partial charge is 0.357 e. The third-order valence-electron chi connectivity index (χ3n) is 2.69. The molecule has 0 aromatic heterocycles. The molecule has 0 saturated heterocycles. The summed E-state index contributed by atoms with van der Waals surface area (Å²) in [5, 5.41) is 6.07. The van der Waals surface area contributed by atoms with Crippen molar-refractivity contribution >= 4 is 15.8 Å². The number of nitrogens with zero attached hydrogens (tertiary/aromatic N) is 1. The van der Waals surface area contributed by atoms with E-state index in [1.54, 1.807) is 18.2 Å². The van der Waals surface area contributed by atoms with Crippen molar-refractivity contribution in [2.24, 2.45) is 4.99 Å². The van der Waals surface area contributed by atoms with Gasteiger partial charge in [0.1, 0.15) is 15.7 Å². The number of aliphatic imine (C=N–C) groups is 1. The van der Waals surface area contributed by atoms with Gasteiger partial charge in [0, 0.05) is 24.9 Å². The average Bonchev–Trinajstić information content (AvgIpc) is 2.41.